The SMILES string of the molecule is CC1(c2ccc(Cl)s2)CC1CCl. The van der Waals surface area contributed by atoms with E-state index in [4.69, 9.17) is 23.2 Å². The van der Waals surface area contributed by atoms with Crippen molar-refractivity contribution in [3.05, 3.63) is 21.3 Å². The molecule has 0 N–H and O–H groups in total. The Kier molecular flexibility index (Phi) is 2.14. The molecule has 2 rings (SSSR count). The van der Waals surface area contributed by atoms with Crippen molar-refractivity contribution in [3.63, 3.8) is 0 Å². The molecule has 66 valence electrons. The van der Waals surface area contributed by atoms with Gasteiger partial charge < -0.3 is 0 Å². The van der Waals surface area contributed by atoms with Crippen molar-refractivity contribution in [1.82, 2.24) is 0 Å². The van der Waals surface area contributed by atoms with Crippen molar-refractivity contribution in [1.29, 1.82) is 0 Å². The molecule has 0 aromatic carbocycles. The molecular formula is C9H10Cl2S. The Morgan fingerprint density at radius 3 is 2.83 bits per heavy atom. The maximum Gasteiger partial charge on any atom is 0.0931 e. The molecule has 12 heavy (non-hydrogen) atoms. The first-order chi connectivity index (χ1) is 5.66. The van der Waals surface area contributed by atoms with Gasteiger partial charge in [-0.25, -0.2) is 0 Å². The van der Waals surface area contributed by atoms with E-state index in [0.717, 1.165) is 10.2 Å². The van der Waals surface area contributed by atoms with Crippen LogP contribution in [0.3, 0.4) is 0 Å². The van der Waals surface area contributed by atoms with Crippen LogP contribution in [-0.4, -0.2) is 5.88 Å². The fourth-order valence-corrected chi connectivity index (χ4v) is 3.33. The zero-order valence-corrected chi connectivity index (χ0v) is 9.14. The van der Waals surface area contributed by atoms with Crippen LogP contribution in [0.4, 0.5) is 0 Å². The normalized spacial score (nSPS) is 33.8. The van der Waals surface area contributed by atoms with Gasteiger partial charge >= 0.3 is 0 Å². The maximum atomic E-state index is 5.87. The Balaban J connectivity index is 2.22. The van der Waals surface area contributed by atoms with E-state index in [-0.39, 0.29) is 0 Å². The van der Waals surface area contributed by atoms with Crippen LogP contribution < -0.4 is 0 Å². The van der Waals surface area contributed by atoms with E-state index >= 15 is 0 Å². The zero-order chi connectivity index (χ0) is 8.77. The van der Waals surface area contributed by atoms with Gasteiger partial charge in [-0.3, -0.25) is 0 Å². The molecule has 0 bridgehead atoms. The lowest BCUT2D eigenvalue weighted by molar-refractivity contribution is 0.721. The molecule has 0 amide bonds. The molecule has 0 saturated heterocycles. The molecule has 0 nitrogen and oxygen atoms in total. The average Bonchev–Trinajstić information content (AvgIpc) is 2.50. The first kappa shape index (κ1) is 8.86. The molecule has 0 radical (unpaired) electrons. The van der Waals surface area contributed by atoms with Gasteiger partial charge in [0.1, 0.15) is 0 Å². The minimum Gasteiger partial charge on any atom is -0.128 e. The zero-order valence-electron chi connectivity index (χ0n) is 6.81. The van der Waals surface area contributed by atoms with Gasteiger partial charge in [-0.15, -0.1) is 22.9 Å². The van der Waals surface area contributed by atoms with E-state index in [1.54, 1.807) is 11.3 Å². The number of thiophene rings is 1. The Morgan fingerprint density at radius 2 is 2.42 bits per heavy atom. The van der Waals surface area contributed by atoms with Gasteiger partial charge in [-0.2, -0.15) is 0 Å². The number of rotatable bonds is 2. The Hall–Kier alpha value is 0.280. The second kappa shape index (κ2) is 2.90. The lowest BCUT2D eigenvalue weighted by Crippen LogP contribution is -2.01. The summed E-state index contributed by atoms with van der Waals surface area (Å²) in [5, 5.41) is 0. The van der Waals surface area contributed by atoms with Gasteiger partial charge in [0, 0.05) is 16.2 Å². The van der Waals surface area contributed by atoms with Crippen molar-refractivity contribution in [2.45, 2.75) is 18.8 Å². The lowest BCUT2D eigenvalue weighted by atomic mass is 10.1. The third-order valence-electron chi connectivity index (χ3n) is 2.73. The smallest absolute Gasteiger partial charge is 0.0931 e. The third kappa shape index (κ3) is 1.28. The van der Waals surface area contributed by atoms with Crippen LogP contribution in [0.25, 0.3) is 0 Å². The Bertz CT molecular complexity index is 294. The summed E-state index contributed by atoms with van der Waals surface area (Å²) in [5.41, 5.74) is 0.333. The summed E-state index contributed by atoms with van der Waals surface area (Å²) in [4.78, 5) is 1.39. The lowest BCUT2D eigenvalue weighted by Gasteiger charge is -2.05. The molecule has 1 heterocycles. The molecule has 0 spiro atoms. The topological polar surface area (TPSA) is 0 Å². The van der Waals surface area contributed by atoms with E-state index < -0.39 is 0 Å². The van der Waals surface area contributed by atoms with Crippen molar-refractivity contribution in [2.24, 2.45) is 5.92 Å². The molecule has 1 aromatic rings. The Morgan fingerprint density at radius 1 is 1.67 bits per heavy atom. The number of halogens is 2. The fourth-order valence-electron chi connectivity index (χ4n) is 1.60. The average molecular weight is 221 g/mol. The van der Waals surface area contributed by atoms with E-state index in [1.165, 1.54) is 11.3 Å². The van der Waals surface area contributed by atoms with Crippen molar-refractivity contribution in [3.8, 4) is 0 Å². The van der Waals surface area contributed by atoms with Gasteiger partial charge in [0.25, 0.3) is 0 Å². The van der Waals surface area contributed by atoms with Crippen LogP contribution in [0.5, 0.6) is 0 Å². The highest BCUT2D eigenvalue weighted by Crippen LogP contribution is 2.56. The van der Waals surface area contributed by atoms with Crippen molar-refractivity contribution in [2.75, 3.05) is 5.88 Å². The van der Waals surface area contributed by atoms with Gasteiger partial charge in [0.05, 0.1) is 4.34 Å². The van der Waals surface area contributed by atoms with E-state index in [2.05, 4.69) is 13.0 Å². The molecular weight excluding hydrogens is 211 g/mol. The van der Waals surface area contributed by atoms with E-state index in [1.807, 2.05) is 6.07 Å². The van der Waals surface area contributed by atoms with Crippen LogP contribution >= 0.6 is 34.5 Å². The molecule has 1 aliphatic carbocycles. The third-order valence-corrected chi connectivity index (χ3v) is 4.62. The summed E-state index contributed by atoms with van der Waals surface area (Å²) in [6.45, 7) is 2.27. The molecule has 1 fully saturated rings. The molecule has 2 unspecified atom stereocenters. The predicted octanol–water partition coefficient (Wildman–Crippen LogP) is 3.92. The summed E-state index contributed by atoms with van der Waals surface area (Å²) in [6, 6.07) is 4.09. The van der Waals surface area contributed by atoms with Crippen LogP contribution in [0.15, 0.2) is 12.1 Å². The predicted molar refractivity (Wildman–Crippen MR) is 55.5 cm³/mol. The monoisotopic (exact) mass is 220 g/mol. The summed E-state index contributed by atoms with van der Waals surface area (Å²) < 4.78 is 0.881. The molecule has 1 saturated carbocycles. The second-order valence-electron chi connectivity index (χ2n) is 3.58. The summed E-state index contributed by atoms with van der Waals surface area (Å²) >= 11 is 13.4. The highest BCUT2D eigenvalue weighted by Gasteiger charge is 2.51. The molecule has 3 heteroatoms. The van der Waals surface area contributed by atoms with Crippen LogP contribution in [0.1, 0.15) is 18.2 Å². The first-order valence-electron chi connectivity index (χ1n) is 3.98. The Labute approximate surface area is 86.5 Å². The van der Waals surface area contributed by atoms with Crippen molar-refractivity contribution < 1.29 is 0 Å². The molecule has 0 aliphatic heterocycles. The summed E-state index contributed by atoms with van der Waals surface area (Å²) in [6.07, 6.45) is 1.22. The van der Waals surface area contributed by atoms with Gasteiger partial charge in [0.15, 0.2) is 0 Å². The second-order valence-corrected chi connectivity index (χ2v) is 5.60. The highest BCUT2D eigenvalue weighted by atomic mass is 35.5. The van der Waals surface area contributed by atoms with E-state index in [9.17, 15) is 0 Å². The van der Waals surface area contributed by atoms with Gasteiger partial charge in [0.2, 0.25) is 0 Å². The fraction of sp³-hybridized carbons (Fsp3) is 0.556. The quantitative estimate of drug-likeness (QED) is 0.664. The van der Waals surface area contributed by atoms with Gasteiger partial charge in [-0.05, 0) is 24.5 Å². The van der Waals surface area contributed by atoms with Gasteiger partial charge in [-0.1, -0.05) is 18.5 Å². The largest absolute Gasteiger partial charge is 0.128 e. The number of hydrogen-bond donors (Lipinski definition) is 0. The summed E-state index contributed by atoms with van der Waals surface area (Å²) in [5.74, 6) is 1.43. The minimum absolute atomic E-state index is 0.333. The van der Waals surface area contributed by atoms with Crippen LogP contribution in [0, 0.1) is 5.92 Å². The molecule has 1 aromatic heterocycles. The van der Waals surface area contributed by atoms with Crippen LogP contribution in [-0.2, 0) is 5.41 Å². The van der Waals surface area contributed by atoms with Crippen molar-refractivity contribution >= 4 is 34.5 Å². The summed E-state index contributed by atoms with van der Waals surface area (Å²) in [7, 11) is 0. The molecule has 2 atom stereocenters. The number of alkyl halides is 1. The number of hydrogen-bond acceptors (Lipinski definition) is 1. The minimum atomic E-state index is 0.333. The molecule has 1 aliphatic rings. The maximum absolute atomic E-state index is 5.87. The van der Waals surface area contributed by atoms with E-state index in [0.29, 0.717) is 11.3 Å². The highest BCUT2D eigenvalue weighted by molar-refractivity contribution is 7.16. The standard InChI is InChI=1S/C9H10Cl2S/c1-9(4-6(9)5-10)7-2-3-8(11)12-7/h2-3,6H,4-5H2,1H3. The first-order valence-corrected chi connectivity index (χ1v) is 5.71. The van der Waals surface area contributed by atoms with Crippen LogP contribution in [0.2, 0.25) is 4.34 Å².